The summed E-state index contributed by atoms with van der Waals surface area (Å²) < 4.78 is 22.7. The largest absolute Gasteiger partial charge is 0.456 e. The lowest BCUT2D eigenvalue weighted by Crippen LogP contribution is -2.41. The first-order chi connectivity index (χ1) is 27.3. The van der Waals surface area contributed by atoms with Crippen LogP contribution in [0.1, 0.15) is 90.2 Å². The Bertz CT molecular complexity index is 2070. The van der Waals surface area contributed by atoms with Gasteiger partial charge in [0.25, 0.3) is 5.69 Å². The number of piperidine rings is 2. The van der Waals surface area contributed by atoms with Gasteiger partial charge in [0.2, 0.25) is 0 Å². The Morgan fingerprint density at radius 3 is 1.45 bits per heavy atom. The molecule has 310 valence electrons. The van der Waals surface area contributed by atoms with Crippen molar-refractivity contribution in [1.29, 1.82) is 0 Å². The van der Waals surface area contributed by atoms with Crippen molar-refractivity contribution in [2.45, 2.75) is 90.3 Å². The number of anilines is 1. The van der Waals surface area contributed by atoms with Crippen LogP contribution in [0.15, 0.2) is 84.9 Å². The minimum Gasteiger partial charge on any atom is -0.456 e. The van der Waals surface area contributed by atoms with E-state index in [4.69, 9.17) is 47.9 Å². The van der Waals surface area contributed by atoms with Crippen molar-refractivity contribution in [1.82, 2.24) is 9.80 Å². The average Bonchev–Trinajstić information content (AvgIpc) is 3.16. The highest BCUT2D eigenvalue weighted by molar-refractivity contribution is 6.32. The Hall–Kier alpha value is -5.20. The number of hydrogen-bond acceptors (Lipinski definition) is 9. The molecule has 0 spiro atoms. The molecule has 2 heterocycles. The molecule has 2 saturated heterocycles. The monoisotopic (exact) mass is 834 g/mol. The Morgan fingerprint density at radius 2 is 1.07 bits per heavy atom. The van der Waals surface area contributed by atoms with Crippen molar-refractivity contribution < 1.29 is 33.5 Å². The van der Waals surface area contributed by atoms with Gasteiger partial charge in [0.1, 0.15) is 34.2 Å². The molecule has 0 radical (unpaired) electrons. The lowest BCUT2D eigenvalue weighted by atomic mass is 9.89. The van der Waals surface area contributed by atoms with Crippen molar-refractivity contribution in [3.8, 4) is 23.0 Å². The quantitative estimate of drug-likeness (QED) is 0.109. The van der Waals surface area contributed by atoms with Gasteiger partial charge in [-0.2, -0.15) is 0 Å². The molecule has 4 aromatic rings. The zero-order valence-electron chi connectivity index (χ0n) is 33.8. The fourth-order valence-corrected chi connectivity index (χ4v) is 7.09. The number of hydrogen-bond donors (Lipinski definition) is 1. The molecule has 0 aromatic heterocycles. The minimum absolute atomic E-state index is 0.0853. The van der Waals surface area contributed by atoms with E-state index in [1.165, 1.54) is 23.8 Å². The number of carbonyl (C=O) groups is 2. The molecule has 0 aliphatic carbocycles. The molecule has 12 nitrogen and oxygen atoms in total. The number of nitrogen functional groups attached to an aromatic ring is 1. The van der Waals surface area contributed by atoms with E-state index in [-0.39, 0.29) is 22.9 Å². The van der Waals surface area contributed by atoms with E-state index >= 15 is 0 Å². The lowest BCUT2D eigenvalue weighted by molar-refractivity contribution is -0.384. The molecule has 2 aliphatic rings. The number of likely N-dealkylation sites (tertiary alicyclic amines) is 2. The maximum absolute atomic E-state index is 12.2. The van der Waals surface area contributed by atoms with E-state index in [0.717, 1.165) is 37.0 Å². The molecule has 2 amide bonds. The van der Waals surface area contributed by atoms with E-state index < -0.39 is 16.1 Å². The van der Waals surface area contributed by atoms with Crippen molar-refractivity contribution in [2.75, 3.05) is 31.9 Å². The SMILES string of the molecule is CC(C)(C)OC(=O)N1CCC(c2cccc(Oc3ccc(N)cc3Cl)c2)CC1.CC(C)(C)OC(=O)N1CCC(c2cccc(Oc3ccc([N+](=O)[O-])cc3Cl)c2)CC1. The van der Waals surface area contributed by atoms with Gasteiger partial charge in [-0.3, -0.25) is 10.1 Å². The summed E-state index contributed by atoms with van der Waals surface area (Å²) in [6.07, 6.45) is 2.95. The number of nitrogens with zero attached hydrogens (tertiary/aromatic N) is 3. The molecule has 14 heteroatoms. The highest BCUT2D eigenvalue weighted by atomic mass is 35.5. The van der Waals surface area contributed by atoms with Crippen LogP contribution in [0.5, 0.6) is 23.0 Å². The molecular formula is C44H52Cl2N4O8. The number of nitro benzene ring substituents is 1. The minimum atomic E-state index is -0.501. The normalized spacial score (nSPS) is 15.2. The van der Waals surface area contributed by atoms with Crippen LogP contribution < -0.4 is 15.2 Å². The van der Waals surface area contributed by atoms with Crippen LogP contribution in [0.3, 0.4) is 0 Å². The fraction of sp³-hybridized carbons (Fsp3) is 0.409. The molecule has 2 N–H and O–H groups in total. The summed E-state index contributed by atoms with van der Waals surface area (Å²) in [4.78, 5) is 38.4. The lowest BCUT2D eigenvalue weighted by Gasteiger charge is -2.33. The number of amides is 2. The van der Waals surface area contributed by atoms with Gasteiger partial charge in [-0.1, -0.05) is 47.5 Å². The van der Waals surface area contributed by atoms with Crippen molar-refractivity contribution in [3.05, 3.63) is 116 Å². The number of benzene rings is 4. The van der Waals surface area contributed by atoms with Gasteiger partial charge in [0, 0.05) is 44.0 Å². The van der Waals surface area contributed by atoms with Gasteiger partial charge in [0.05, 0.1) is 15.0 Å². The zero-order chi connectivity index (χ0) is 42.2. The number of rotatable bonds is 7. The fourth-order valence-electron chi connectivity index (χ4n) is 6.65. The second-order valence-corrected chi connectivity index (χ2v) is 17.2. The summed E-state index contributed by atoms with van der Waals surface area (Å²) in [5, 5.41) is 11.5. The number of halogens is 2. The van der Waals surface area contributed by atoms with Crippen LogP contribution in [0, 0.1) is 10.1 Å². The standard InChI is InChI=1S/C22H25ClN2O5.C22H27ClN2O3/c1-22(2,3)30-21(26)24-11-9-15(10-12-24)16-5-4-6-18(13-16)29-20-8-7-17(25(27)28)14-19(20)23;1-22(2,3)28-21(26)25-11-9-15(10-12-25)16-5-4-6-18(13-16)27-20-8-7-17(24)14-19(20)23/h4-8,13-15H,9-12H2,1-3H3;4-8,13-15H,9-12,24H2,1-3H3. The Labute approximate surface area is 350 Å². The van der Waals surface area contributed by atoms with Gasteiger partial charge < -0.3 is 34.5 Å². The molecule has 0 atom stereocenters. The molecule has 0 bridgehead atoms. The predicted molar refractivity (Wildman–Crippen MR) is 227 cm³/mol. The predicted octanol–water partition coefficient (Wildman–Crippen LogP) is 12.0. The molecule has 6 rings (SSSR count). The number of nitro groups is 1. The third-order valence-electron chi connectivity index (χ3n) is 9.49. The number of carbonyl (C=O) groups excluding carboxylic acids is 2. The van der Waals surface area contributed by atoms with Crippen LogP contribution in [0.4, 0.5) is 21.0 Å². The van der Waals surface area contributed by atoms with Gasteiger partial charge in [-0.05, 0) is 139 Å². The van der Waals surface area contributed by atoms with Gasteiger partial charge in [0.15, 0.2) is 0 Å². The summed E-state index contributed by atoms with van der Waals surface area (Å²) >= 11 is 12.3. The van der Waals surface area contributed by atoms with Crippen molar-refractivity contribution >= 4 is 46.8 Å². The molecule has 0 unspecified atom stereocenters. The molecule has 2 fully saturated rings. The van der Waals surface area contributed by atoms with Gasteiger partial charge >= 0.3 is 12.2 Å². The zero-order valence-corrected chi connectivity index (χ0v) is 35.3. The van der Waals surface area contributed by atoms with E-state index in [1.54, 1.807) is 28.0 Å². The Kier molecular flexibility index (Phi) is 14.4. The summed E-state index contributed by atoms with van der Waals surface area (Å²) in [5.41, 5.74) is 7.60. The topological polar surface area (TPSA) is 147 Å². The molecule has 2 aliphatic heterocycles. The van der Waals surface area contributed by atoms with Gasteiger partial charge in [-0.15, -0.1) is 0 Å². The van der Waals surface area contributed by atoms with Crippen molar-refractivity contribution in [3.63, 3.8) is 0 Å². The first-order valence-corrected chi connectivity index (χ1v) is 20.1. The average molecular weight is 836 g/mol. The molecule has 4 aromatic carbocycles. The first kappa shape index (κ1) is 43.9. The van der Waals surface area contributed by atoms with Crippen LogP contribution in [0.25, 0.3) is 0 Å². The number of ether oxygens (including phenoxy) is 4. The Balaban J connectivity index is 0.000000221. The Morgan fingerprint density at radius 1 is 0.655 bits per heavy atom. The summed E-state index contributed by atoms with van der Waals surface area (Å²) in [5.74, 6) is 2.96. The smallest absolute Gasteiger partial charge is 0.410 e. The van der Waals surface area contributed by atoms with E-state index in [1.807, 2.05) is 84.0 Å². The summed E-state index contributed by atoms with van der Waals surface area (Å²) in [7, 11) is 0. The third kappa shape index (κ3) is 12.9. The highest BCUT2D eigenvalue weighted by Gasteiger charge is 2.29. The second kappa shape index (κ2) is 19.0. The molecular weight excluding hydrogens is 783 g/mol. The first-order valence-electron chi connectivity index (χ1n) is 19.3. The van der Waals surface area contributed by atoms with E-state index in [0.29, 0.717) is 66.0 Å². The van der Waals surface area contributed by atoms with Crippen LogP contribution >= 0.6 is 23.2 Å². The highest BCUT2D eigenvalue weighted by Crippen LogP contribution is 2.37. The number of non-ortho nitro benzene ring substituents is 1. The second-order valence-electron chi connectivity index (χ2n) is 16.4. The maximum Gasteiger partial charge on any atom is 0.410 e. The van der Waals surface area contributed by atoms with E-state index in [9.17, 15) is 19.7 Å². The van der Waals surface area contributed by atoms with Gasteiger partial charge in [-0.25, -0.2) is 9.59 Å². The van der Waals surface area contributed by atoms with Crippen LogP contribution in [-0.2, 0) is 9.47 Å². The third-order valence-corrected chi connectivity index (χ3v) is 10.1. The van der Waals surface area contributed by atoms with E-state index in [2.05, 4.69) is 6.07 Å². The molecule has 58 heavy (non-hydrogen) atoms. The van der Waals surface area contributed by atoms with Crippen LogP contribution in [0.2, 0.25) is 10.0 Å². The van der Waals surface area contributed by atoms with Crippen molar-refractivity contribution in [2.24, 2.45) is 0 Å². The maximum atomic E-state index is 12.2. The summed E-state index contributed by atoms with van der Waals surface area (Å²) in [6, 6.07) is 25.1. The summed E-state index contributed by atoms with van der Waals surface area (Å²) in [6.45, 7) is 13.9. The molecule has 0 saturated carbocycles. The van der Waals surface area contributed by atoms with Crippen LogP contribution in [-0.4, -0.2) is 64.3 Å². The number of nitrogens with two attached hydrogens (primary N) is 1.